The maximum Gasteiger partial charge on any atom is 0.101 e. The number of nitriles is 1. The Morgan fingerprint density at radius 1 is 1.58 bits per heavy atom. The van der Waals surface area contributed by atoms with Gasteiger partial charge in [0.1, 0.15) is 6.07 Å². The van der Waals surface area contributed by atoms with Crippen LogP contribution in [0.2, 0.25) is 5.02 Å². The second-order valence-electron chi connectivity index (χ2n) is 1.97. The molecule has 0 saturated carbocycles. The Kier molecular flexibility index (Phi) is 2.54. The van der Waals surface area contributed by atoms with E-state index in [9.17, 15) is 0 Å². The topological polar surface area (TPSA) is 72.5 Å². The highest BCUT2D eigenvalue weighted by Gasteiger charge is 1.98. The molecule has 0 heterocycles. The van der Waals surface area contributed by atoms with Gasteiger partial charge in [0.25, 0.3) is 0 Å². The summed E-state index contributed by atoms with van der Waals surface area (Å²) in [6, 6.07) is 6.38. The molecule has 0 radical (unpaired) electrons. The second-order valence-corrected chi connectivity index (χ2v) is 2.37. The maximum atomic E-state index is 8.50. The minimum Gasteiger partial charge on any atom is -0.192 e. The van der Waals surface area contributed by atoms with Crippen molar-refractivity contribution in [2.75, 3.05) is 0 Å². The van der Waals surface area contributed by atoms with Crippen molar-refractivity contribution in [3.63, 3.8) is 0 Å². The predicted molar refractivity (Wildman–Crippen MR) is 45.0 cm³/mol. The van der Waals surface area contributed by atoms with Crippen molar-refractivity contribution in [3.8, 4) is 6.07 Å². The van der Waals surface area contributed by atoms with Gasteiger partial charge in [-0.2, -0.15) is 5.26 Å². The Balaban J connectivity index is 3.20. The molecule has 4 nitrogen and oxygen atoms in total. The van der Waals surface area contributed by atoms with Crippen LogP contribution in [-0.2, 0) is 0 Å². The molecule has 0 saturated heterocycles. The first-order valence-electron chi connectivity index (χ1n) is 3.02. The molecule has 0 amide bonds. The molecule has 1 aromatic rings. The van der Waals surface area contributed by atoms with E-state index in [1.807, 2.05) is 6.07 Å². The normalized spacial score (nSPS) is 8.33. The Labute approximate surface area is 73.6 Å². The summed E-state index contributed by atoms with van der Waals surface area (Å²) in [4.78, 5) is 2.59. The van der Waals surface area contributed by atoms with Crippen LogP contribution < -0.4 is 0 Å². The summed E-state index contributed by atoms with van der Waals surface area (Å²) in [5, 5.41) is 12.1. The van der Waals surface area contributed by atoms with Crippen LogP contribution in [0.25, 0.3) is 10.4 Å². The van der Waals surface area contributed by atoms with E-state index in [0.29, 0.717) is 16.3 Å². The Morgan fingerprint density at radius 2 is 2.33 bits per heavy atom. The average molecular weight is 179 g/mol. The summed E-state index contributed by atoms with van der Waals surface area (Å²) in [5.74, 6) is 0. The summed E-state index contributed by atoms with van der Waals surface area (Å²) in [6.07, 6.45) is 0. The van der Waals surface area contributed by atoms with E-state index < -0.39 is 0 Å². The van der Waals surface area contributed by atoms with E-state index in [1.54, 1.807) is 0 Å². The summed E-state index contributed by atoms with van der Waals surface area (Å²) >= 11 is 5.66. The molecule has 0 N–H and O–H groups in total. The molecule has 0 aromatic heterocycles. The number of benzene rings is 1. The van der Waals surface area contributed by atoms with Crippen LogP contribution in [0.5, 0.6) is 0 Å². The lowest BCUT2D eigenvalue weighted by Gasteiger charge is -1.94. The summed E-state index contributed by atoms with van der Waals surface area (Å²) in [6.45, 7) is 0. The van der Waals surface area contributed by atoms with Gasteiger partial charge in [0.05, 0.1) is 10.6 Å². The molecule has 5 heteroatoms. The first-order valence-corrected chi connectivity index (χ1v) is 3.40. The van der Waals surface area contributed by atoms with Gasteiger partial charge in [0, 0.05) is 10.6 Å². The van der Waals surface area contributed by atoms with Crippen molar-refractivity contribution >= 4 is 17.3 Å². The minimum atomic E-state index is 0.294. The monoisotopic (exact) mass is 178 g/mol. The van der Waals surface area contributed by atoms with E-state index in [4.69, 9.17) is 22.4 Å². The molecule has 0 aliphatic carbocycles. The van der Waals surface area contributed by atoms with Gasteiger partial charge in [0.2, 0.25) is 0 Å². The lowest BCUT2D eigenvalue weighted by molar-refractivity contribution is 1.44. The first kappa shape index (κ1) is 8.41. The first-order chi connectivity index (χ1) is 5.77. The van der Waals surface area contributed by atoms with Crippen molar-refractivity contribution in [1.82, 2.24) is 0 Å². The van der Waals surface area contributed by atoms with Gasteiger partial charge in [-0.05, 0) is 17.7 Å². The molecule has 0 aliphatic heterocycles. The van der Waals surface area contributed by atoms with Crippen molar-refractivity contribution in [1.29, 1.82) is 5.26 Å². The standard InChI is InChI=1S/C7H3ClN4/c8-7-3-6(11-12-10)2-1-5(7)4-9/h1-3H. The van der Waals surface area contributed by atoms with Gasteiger partial charge in [0.15, 0.2) is 0 Å². The summed E-state index contributed by atoms with van der Waals surface area (Å²) < 4.78 is 0. The Hall–Kier alpha value is -1.69. The molecular weight excluding hydrogens is 176 g/mol. The quantitative estimate of drug-likeness (QED) is 0.370. The van der Waals surface area contributed by atoms with Gasteiger partial charge in [-0.3, -0.25) is 0 Å². The third-order valence-corrected chi connectivity index (χ3v) is 1.55. The number of halogens is 1. The highest BCUT2D eigenvalue weighted by Crippen LogP contribution is 2.21. The number of azide groups is 1. The third-order valence-electron chi connectivity index (χ3n) is 1.23. The number of hydrogen-bond donors (Lipinski definition) is 0. The number of hydrogen-bond acceptors (Lipinski definition) is 2. The van der Waals surface area contributed by atoms with Crippen molar-refractivity contribution < 1.29 is 0 Å². The lowest BCUT2D eigenvalue weighted by atomic mass is 10.2. The van der Waals surface area contributed by atoms with Crippen LogP contribution in [0.3, 0.4) is 0 Å². The van der Waals surface area contributed by atoms with Crippen LogP contribution in [0.4, 0.5) is 5.69 Å². The molecule has 12 heavy (non-hydrogen) atoms. The number of rotatable bonds is 1. The molecule has 1 rings (SSSR count). The molecule has 0 fully saturated rings. The van der Waals surface area contributed by atoms with Crippen LogP contribution in [0.1, 0.15) is 5.56 Å². The van der Waals surface area contributed by atoms with Crippen molar-refractivity contribution in [2.45, 2.75) is 0 Å². The van der Waals surface area contributed by atoms with Crippen LogP contribution in [0.15, 0.2) is 23.3 Å². The molecule has 0 aliphatic rings. The summed E-state index contributed by atoms with van der Waals surface area (Å²) in [7, 11) is 0. The van der Waals surface area contributed by atoms with Crippen molar-refractivity contribution in [2.24, 2.45) is 5.11 Å². The van der Waals surface area contributed by atoms with Crippen LogP contribution in [0, 0.1) is 11.3 Å². The van der Waals surface area contributed by atoms with Gasteiger partial charge >= 0.3 is 0 Å². The molecule has 0 atom stereocenters. The lowest BCUT2D eigenvalue weighted by Crippen LogP contribution is -1.74. The zero-order valence-electron chi connectivity index (χ0n) is 5.90. The predicted octanol–water partition coefficient (Wildman–Crippen LogP) is 3.15. The van der Waals surface area contributed by atoms with E-state index in [2.05, 4.69) is 10.0 Å². The second kappa shape index (κ2) is 3.63. The van der Waals surface area contributed by atoms with E-state index in [1.165, 1.54) is 18.2 Å². The molecule has 0 spiro atoms. The zero-order chi connectivity index (χ0) is 8.97. The largest absolute Gasteiger partial charge is 0.192 e. The fraction of sp³-hybridized carbons (Fsp3) is 0. The molecule has 0 bridgehead atoms. The fourth-order valence-corrected chi connectivity index (χ4v) is 0.926. The highest BCUT2D eigenvalue weighted by molar-refractivity contribution is 6.31. The van der Waals surface area contributed by atoms with Gasteiger partial charge in [-0.15, -0.1) is 0 Å². The molecular formula is C7H3ClN4. The third kappa shape index (κ3) is 1.67. The molecule has 58 valence electrons. The highest BCUT2D eigenvalue weighted by atomic mass is 35.5. The smallest absolute Gasteiger partial charge is 0.101 e. The average Bonchev–Trinajstić information content (AvgIpc) is 2.05. The van der Waals surface area contributed by atoms with Crippen molar-refractivity contribution in [3.05, 3.63) is 39.2 Å². The van der Waals surface area contributed by atoms with Gasteiger partial charge < -0.3 is 0 Å². The van der Waals surface area contributed by atoms with Crippen LogP contribution >= 0.6 is 11.6 Å². The van der Waals surface area contributed by atoms with E-state index >= 15 is 0 Å². The van der Waals surface area contributed by atoms with Gasteiger partial charge in [-0.25, -0.2) is 0 Å². The van der Waals surface area contributed by atoms with Gasteiger partial charge in [-0.1, -0.05) is 22.8 Å². The SMILES string of the molecule is N#Cc1ccc(N=[N+]=[N-])cc1Cl. The van der Waals surface area contributed by atoms with E-state index in [0.717, 1.165) is 0 Å². The molecule has 0 unspecified atom stereocenters. The number of nitrogens with zero attached hydrogens (tertiary/aromatic N) is 4. The Morgan fingerprint density at radius 3 is 2.83 bits per heavy atom. The Bertz CT molecular complexity index is 387. The molecule has 1 aromatic carbocycles. The fourth-order valence-electron chi connectivity index (χ4n) is 0.709. The van der Waals surface area contributed by atoms with Crippen LogP contribution in [-0.4, -0.2) is 0 Å². The summed E-state index contributed by atoms with van der Waals surface area (Å²) in [5.41, 5.74) is 8.86. The minimum absolute atomic E-state index is 0.294. The maximum absolute atomic E-state index is 8.50. The zero-order valence-corrected chi connectivity index (χ0v) is 6.65. The van der Waals surface area contributed by atoms with E-state index in [-0.39, 0.29) is 0 Å².